The van der Waals surface area contributed by atoms with Crippen molar-refractivity contribution in [1.82, 2.24) is 4.90 Å². The van der Waals surface area contributed by atoms with E-state index in [9.17, 15) is 9.90 Å². The smallest absolute Gasteiger partial charge is 0.257 e. The van der Waals surface area contributed by atoms with E-state index >= 15 is 0 Å². The molecule has 0 bridgehead atoms. The van der Waals surface area contributed by atoms with E-state index in [4.69, 9.17) is 11.6 Å². The van der Waals surface area contributed by atoms with Crippen molar-refractivity contribution in [2.45, 2.75) is 25.3 Å². The lowest BCUT2D eigenvalue weighted by Gasteiger charge is -2.37. The van der Waals surface area contributed by atoms with Crippen LogP contribution < -0.4 is 0 Å². The largest absolute Gasteiger partial charge is 0.507 e. The predicted octanol–water partition coefficient (Wildman–Crippen LogP) is 3.23. The topological polar surface area (TPSA) is 40.5 Å². The third kappa shape index (κ3) is 2.91. The monoisotopic (exact) mass is 379 g/mol. The van der Waals surface area contributed by atoms with E-state index in [-0.39, 0.29) is 17.7 Å². The minimum atomic E-state index is -0.114. The van der Waals surface area contributed by atoms with Gasteiger partial charge in [0, 0.05) is 22.0 Å². The Bertz CT molecular complexity index is 449. The molecule has 0 unspecified atom stereocenters. The normalized spacial score (nSPS) is 15.2. The zero-order valence-electron chi connectivity index (χ0n) is 9.90. The summed E-state index contributed by atoms with van der Waals surface area (Å²) in [5.74, 6) is 0.350. The highest BCUT2D eigenvalue weighted by Crippen LogP contribution is 2.28. The Kier molecular flexibility index (Phi) is 4.72. The number of phenols is 1. The Hall–Kier alpha value is -0.490. The van der Waals surface area contributed by atoms with Crippen LogP contribution in [0.1, 0.15) is 29.6 Å². The van der Waals surface area contributed by atoms with Crippen LogP contribution in [-0.2, 0) is 0 Å². The van der Waals surface area contributed by atoms with E-state index in [1.54, 1.807) is 23.1 Å². The molecule has 1 aromatic rings. The first-order valence-corrected chi connectivity index (χ1v) is 7.60. The van der Waals surface area contributed by atoms with Crippen LogP contribution in [0.5, 0.6) is 5.75 Å². The van der Waals surface area contributed by atoms with Gasteiger partial charge in [-0.2, -0.15) is 0 Å². The molecule has 1 aliphatic rings. The molecule has 1 saturated carbocycles. The molecule has 1 N–H and O–H groups in total. The Labute approximate surface area is 125 Å². The molecular weight excluding hydrogens is 365 g/mol. The van der Waals surface area contributed by atoms with E-state index < -0.39 is 0 Å². The summed E-state index contributed by atoms with van der Waals surface area (Å²) in [5, 5.41) is 9.81. The lowest BCUT2D eigenvalue weighted by Crippen LogP contribution is -2.45. The maximum atomic E-state index is 12.4. The van der Waals surface area contributed by atoms with Crippen LogP contribution in [0.4, 0.5) is 0 Å². The number of aromatic hydroxyl groups is 1. The van der Waals surface area contributed by atoms with Crippen molar-refractivity contribution in [2.24, 2.45) is 0 Å². The summed E-state index contributed by atoms with van der Waals surface area (Å²) < 4.78 is 0.938. The van der Waals surface area contributed by atoms with Gasteiger partial charge in [-0.3, -0.25) is 4.79 Å². The van der Waals surface area contributed by atoms with Gasteiger partial charge in [-0.05, 0) is 60.1 Å². The third-order valence-corrected chi connectivity index (χ3v) is 4.13. The molecule has 1 amide bonds. The van der Waals surface area contributed by atoms with E-state index in [2.05, 4.69) is 22.6 Å². The SMILES string of the molecule is O=C(c1cc(I)ccc1O)N(CCCl)C1CCC1. The highest BCUT2D eigenvalue weighted by Gasteiger charge is 2.30. The summed E-state index contributed by atoms with van der Waals surface area (Å²) in [6, 6.07) is 5.35. The number of hydrogen-bond donors (Lipinski definition) is 1. The van der Waals surface area contributed by atoms with Gasteiger partial charge in [-0.15, -0.1) is 11.6 Å². The molecule has 5 heteroatoms. The first-order chi connectivity index (χ1) is 8.63. The second-order valence-corrected chi connectivity index (χ2v) is 6.06. The number of halogens is 2. The average molecular weight is 380 g/mol. The standard InChI is InChI=1S/C13H15ClINO2/c14-6-7-16(10-2-1-3-10)13(18)11-8-9(15)4-5-12(11)17/h4-5,8,10,17H,1-3,6-7H2. The maximum absolute atomic E-state index is 12.4. The second kappa shape index (κ2) is 6.10. The summed E-state index contributed by atoms with van der Waals surface area (Å²) in [5.41, 5.74) is 0.374. The number of carbonyl (C=O) groups is 1. The molecule has 18 heavy (non-hydrogen) atoms. The molecule has 3 nitrogen and oxygen atoms in total. The van der Waals surface area contributed by atoms with Gasteiger partial charge in [0.05, 0.1) is 5.56 Å². The van der Waals surface area contributed by atoms with E-state index in [1.165, 1.54) is 0 Å². The van der Waals surface area contributed by atoms with E-state index in [1.807, 2.05) is 0 Å². The van der Waals surface area contributed by atoms with Crippen molar-refractivity contribution in [3.05, 3.63) is 27.3 Å². The molecule has 1 aromatic carbocycles. The Balaban J connectivity index is 2.23. The molecule has 0 saturated heterocycles. The van der Waals surface area contributed by atoms with Gasteiger partial charge in [-0.1, -0.05) is 0 Å². The number of phenolic OH excluding ortho intramolecular Hbond substituents is 1. The second-order valence-electron chi connectivity index (χ2n) is 4.43. The average Bonchev–Trinajstić information content (AvgIpc) is 2.28. The number of carbonyl (C=O) groups excluding carboxylic acids is 1. The van der Waals surface area contributed by atoms with Crippen LogP contribution in [0, 0.1) is 3.57 Å². The summed E-state index contributed by atoms with van der Waals surface area (Å²) in [4.78, 5) is 14.2. The van der Waals surface area contributed by atoms with E-state index in [0.29, 0.717) is 18.0 Å². The van der Waals surface area contributed by atoms with E-state index in [0.717, 1.165) is 22.8 Å². The molecule has 1 fully saturated rings. The number of hydrogen-bond acceptors (Lipinski definition) is 2. The summed E-state index contributed by atoms with van der Waals surface area (Å²) in [6.45, 7) is 0.538. The zero-order valence-corrected chi connectivity index (χ0v) is 12.8. The summed E-state index contributed by atoms with van der Waals surface area (Å²) in [7, 11) is 0. The Morgan fingerprint density at radius 1 is 1.50 bits per heavy atom. The summed E-state index contributed by atoms with van der Waals surface area (Å²) >= 11 is 7.90. The molecule has 0 heterocycles. The Morgan fingerprint density at radius 2 is 2.22 bits per heavy atom. The molecule has 0 radical (unpaired) electrons. The fourth-order valence-corrected chi connectivity index (χ4v) is 2.75. The molecule has 98 valence electrons. The maximum Gasteiger partial charge on any atom is 0.257 e. The fourth-order valence-electron chi connectivity index (χ4n) is 2.07. The van der Waals surface area contributed by atoms with Crippen molar-refractivity contribution in [3.63, 3.8) is 0 Å². The van der Waals surface area contributed by atoms with Crippen LogP contribution in [-0.4, -0.2) is 34.4 Å². The van der Waals surface area contributed by atoms with Gasteiger partial charge in [0.15, 0.2) is 0 Å². The number of nitrogens with zero attached hydrogens (tertiary/aromatic N) is 1. The van der Waals surface area contributed by atoms with Crippen LogP contribution in [0.2, 0.25) is 0 Å². The van der Waals surface area contributed by atoms with Gasteiger partial charge >= 0.3 is 0 Å². The van der Waals surface area contributed by atoms with Gasteiger partial charge in [0.2, 0.25) is 0 Å². The van der Waals surface area contributed by atoms with Crippen LogP contribution >= 0.6 is 34.2 Å². The van der Waals surface area contributed by atoms with Gasteiger partial charge in [0.25, 0.3) is 5.91 Å². The third-order valence-electron chi connectivity index (χ3n) is 3.29. The first kappa shape index (κ1) is 13.9. The van der Waals surface area contributed by atoms with Crippen LogP contribution in [0.15, 0.2) is 18.2 Å². The molecule has 0 atom stereocenters. The highest BCUT2D eigenvalue weighted by atomic mass is 127. The lowest BCUT2D eigenvalue weighted by molar-refractivity contribution is 0.0595. The molecule has 0 aliphatic heterocycles. The van der Waals surface area contributed by atoms with Gasteiger partial charge in [0.1, 0.15) is 5.75 Å². The predicted molar refractivity (Wildman–Crippen MR) is 80.2 cm³/mol. The van der Waals surface area contributed by atoms with Crippen LogP contribution in [0.25, 0.3) is 0 Å². The van der Waals surface area contributed by atoms with Crippen LogP contribution in [0.3, 0.4) is 0 Å². The minimum absolute atomic E-state index is 0.0410. The van der Waals surface area contributed by atoms with Crippen molar-refractivity contribution < 1.29 is 9.90 Å². The number of amides is 1. The van der Waals surface area contributed by atoms with Crippen molar-refractivity contribution >= 4 is 40.1 Å². The van der Waals surface area contributed by atoms with Crippen molar-refractivity contribution in [3.8, 4) is 5.75 Å². The van der Waals surface area contributed by atoms with Crippen molar-refractivity contribution in [2.75, 3.05) is 12.4 Å². The molecule has 0 spiro atoms. The van der Waals surface area contributed by atoms with Gasteiger partial charge in [-0.25, -0.2) is 0 Å². The number of rotatable bonds is 4. The number of alkyl halides is 1. The van der Waals surface area contributed by atoms with Crippen molar-refractivity contribution in [1.29, 1.82) is 0 Å². The molecule has 2 rings (SSSR count). The molecular formula is C13H15ClINO2. The lowest BCUT2D eigenvalue weighted by atomic mass is 9.91. The minimum Gasteiger partial charge on any atom is -0.507 e. The van der Waals surface area contributed by atoms with Gasteiger partial charge < -0.3 is 10.0 Å². The molecule has 1 aliphatic carbocycles. The molecule has 0 aromatic heterocycles. The first-order valence-electron chi connectivity index (χ1n) is 5.99. The number of benzene rings is 1. The highest BCUT2D eigenvalue weighted by molar-refractivity contribution is 14.1. The summed E-state index contributed by atoms with van der Waals surface area (Å²) in [6.07, 6.45) is 3.23. The quantitative estimate of drug-likeness (QED) is 0.644. The Morgan fingerprint density at radius 3 is 2.78 bits per heavy atom. The fraction of sp³-hybridized carbons (Fsp3) is 0.462. The zero-order chi connectivity index (χ0) is 13.1.